The third-order valence-corrected chi connectivity index (χ3v) is 5.74. The van der Waals surface area contributed by atoms with E-state index in [2.05, 4.69) is 6.92 Å². The summed E-state index contributed by atoms with van der Waals surface area (Å²) in [5.74, 6) is 1.51. The highest BCUT2D eigenvalue weighted by Gasteiger charge is 2.04. The Bertz CT molecular complexity index is 200. The van der Waals surface area contributed by atoms with Gasteiger partial charge in [0.05, 0.1) is 0 Å². The van der Waals surface area contributed by atoms with Gasteiger partial charge in [0.1, 0.15) is 11.5 Å². The minimum absolute atomic E-state index is 0.171. The molecule has 0 aromatic rings. The number of aliphatic hydroxyl groups excluding tert-OH is 1. The van der Waals surface area contributed by atoms with E-state index in [1.54, 1.807) is 0 Å². The Labute approximate surface area is 142 Å². The van der Waals surface area contributed by atoms with Crippen molar-refractivity contribution in [3.63, 3.8) is 0 Å². The van der Waals surface area contributed by atoms with Gasteiger partial charge >= 0.3 is 0 Å². The monoisotopic (exact) mass is 332 g/mol. The number of hydrogen-bond donors (Lipinski definition) is 1. The number of unbranched alkanes of at least 4 members (excludes halogenated alkanes) is 13. The van der Waals surface area contributed by atoms with Crippen LogP contribution in [0.15, 0.2) is 0 Å². The summed E-state index contributed by atoms with van der Waals surface area (Å²) in [5.41, 5.74) is 0. The first-order valence-electron chi connectivity index (χ1n) is 9.77. The Morgan fingerprint density at radius 3 is 1.36 bits per heavy atom. The second kappa shape index (κ2) is 19.3. The van der Waals surface area contributed by atoms with Crippen LogP contribution in [-0.4, -0.2) is 27.8 Å². The Kier molecular flexibility index (Phi) is 19.6. The average molecular weight is 333 g/mol. The zero-order valence-corrected chi connectivity index (χ0v) is 15.8. The summed E-state index contributed by atoms with van der Waals surface area (Å²) in [4.78, 5) is 0. The van der Waals surface area contributed by atoms with Gasteiger partial charge in [0.25, 0.3) is 0 Å². The topological polar surface area (TPSA) is 43.3 Å². The lowest BCUT2D eigenvalue weighted by atomic mass is 10.0. The average Bonchev–Trinajstić information content (AvgIpc) is 2.53. The largest absolute Gasteiger partial charge is 0.616 e. The van der Waals surface area contributed by atoms with Crippen LogP contribution in [0.25, 0.3) is 0 Å². The second-order valence-electron chi connectivity index (χ2n) is 6.52. The molecule has 1 N–H and O–H groups in total. The highest BCUT2D eigenvalue weighted by molar-refractivity contribution is 7.91. The molecular weight excluding hydrogens is 292 g/mol. The summed E-state index contributed by atoms with van der Waals surface area (Å²) < 4.78 is 11.5. The third-order valence-electron chi connectivity index (χ3n) is 4.26. The predicted molar refractivity (Wildman–Crippen MR) is 99.9 cm³/mol. The molecule has 134 valence electrons. The number of hydrogen-bond acceptors (Lipinski definition) is 2. The first kappa shape index (κ1) is 22.3. The van der Waals surface area contributed by atoms with Gasteiger partial charge in [0.15, 0.2) is 0 Å². The lowest BCUT2D eigenvalue weighted by Crippen LogP contribution is -2.12. The molecular formula is C19H40O2S. The lowest BCUT2D eigenvalue weighted by Gasteiger charge is -2.09. The molecule has 0 heterocycles. The van der Waals surface area contributed by atoms with Crippen molar-refractivity contribution in [2.24, 2.45) is 0 Å². The quantitative estimate of drug-likeness (QED) is 0.262. The van der Waals surface area contributed by atoms with Crippen LogP contribution in [-0.2, 0) is 11.2 Å². The molecule has 0 bridgehead atoms. The number of aliphatic hydroxyl groups is 1. The van der Waals surface area contributed by atoms with E-state index in [0.717, 1.165) is 12.2 Å². The van der Waals surface area contributed by atoms with E-state index in [1.165, 1.54) is 83.5 Å². The molecule has 2 nitrogen and oxygen atoms in total. The van der Waals surface area contributed by atoms with Crippen LogP contribution in [0, 0.1) is 0 Å². The zero-order valence-electron chi connectivity index (χ0n) is 15.0. The Morgan fingerprint density at radius 1 is 0.591 bits per heavy atom. The van der Waals surface area contributed by atoms with Gasteiger partial charge in [-0.2, -0.15) is 0 Å². The summed E-state index contributed by atoms with van der Waals surface area (Å²) in [6, 6.07) is 0. The van der Waals surface area contributed by atoms with Gasteiger partial charge < -0.3 is 9.66 Å². The van der Waals surface area contributed by atoms with Gasteiger partial charge in [-0.1, -0.05) is 95.1 Å². The molecule has 1 unspecified atom stereocenters. The Hall–Kier alpha value is 0.270. The molecule has 0 aromatic carbocycles. The maximum atomic E-state index is 11.5. The van der Waals surface area contributed by atoms with Crippen LogP contribution in [0.2, 0.25) is 0 Å². The van der Waals surface area contributed by atoms with Crippen molar-refractivity contribution in [2.45, 2.75) is 103 Å². The SMILES string of the molecule is CCCCCCCCCCCCCCCC[S+]([O-])CCCO. The van der Waals surface area contributed by atoms with Gasteiger partial charge in [0.2, 0.25) is 0 Å². The first-order valence-corrected chi connectivity index (χ1v) is 11.3. The molecule has 0 aliphatic carbocycles. The first-order chi connectivity index (χ1) is 10.8. The summed E-state index contributed by atoms with van der Waals surface area (Å²) in [6.45, 7) is 2.45. The second-order valence-corrected chi connectivity index (χ2v) is 8.22. The maximum Gasteiger partial charge on any atom is 0.107 e. The fraction of sp³-hybridized carbons (Fsp3) is 1.00. The van der Waals surface area contributed by atoms with E-state index in [-0.39, 0.29) is 6.61 Å². The van der Waals surface area contributed by atoms with Gasteiger partial charge in [0, 0.05) is 13.0 Å². The molecule has 0 saturated heterocycles. The van der Waals surface area contributed by atoms with Crippen LogP contribution in [0.3, 0.4) is 0 Å². The standard InChI is InChI=1S/C19H40O2S/c1-2-3-4-5-6-7-8-9-10-11-12-13-14-15-18-22(21)19-16-17-20/h20H,2-19H2,1H3. The summed E-state index contributed by atoms with van der Waals surface area (Å²) in [6.07, 6.45) is 19.8. The third kappa shape index (κ3) is 18.3. The highest BCUT2D eigenvalue weighted by atomic mass is 32.2. The van der Waals surface area contributed by atoms with Crippen molar-refractivity contribution in [2.75, 3.05) is 18.1 Å². The molecule has 1 atom stereocenters. The zero-order chi connectivity index (χ0) is 16.3. The lowest BCUT2D eigenvalue weighted by molar-refractivity contribution is 0.295. The van der Waals surface area contributed by atoms with E-state index < -0.39 is 11.2 Å². The molecule has 0 saturated carbocycles. The summed E-state index contributed by atoms with van der Waals surface area (Å²) >= 11 is -0.696. The smallest absolute Gasteiger partial charge is 0.107 e. The molecule has 0 fully saturated rings. The van der Waals surface area contributed by atoms with Gasteiger partial charge in [-0.3, -0.25) is 0 Å². The van der Waals surface area contributed by atoms with Crippen molar-refractivity contribution < 1.29 is 9.66 Å². The van der Waals surface area contributed by atoms with Crippen molar-refractivity contribution in [3.05, 3.63) is 0 Å². The molecule has 0 amide bonds. The predicted octanol–water partition coefficient (Wildman–Crippen LogP) is 5.60. The maximum absolute atomic E-state index is 11.5. The molecule has 3 heteroatoms. The molecule has 0 spiro atoms. The van der Waals surface area contributed by atoms with E-state index in [9.17, 15) is 4.55 Å². The van der Waals surface area contributed by atoms with Crippen LogP contribution >= 0.6 is 0 Å². The van der Waals surface area contributed by atoms with Gasteiger partial charge in [-0.05, 0) is 12.8 Å². The van der Waals surface area contributed by atoms with Crippen LogP contribution in [0.1, 0.15) is 103 Å². The van der Waals surface area contributed by atoms with E-state index in [1.807, 2.05) is 0 Å². The van der Waals surface area contributed by atoms with Gasteiger partial charge in [-0.15, -0.1) is 0 Å². The fourth-order valence-corrected chi connectivity index (χ4v) is 3.97. The highest BCUT2D eigenvalue weighted by Crippen LogP contribution is 2.13. The van der Waals surface area contributed by atoms with Crippen molar-refractivity contribution in [1.82, 2.24) is 0 Å². The summed E-state index contributed by atoms with van der Waals surface area (Å²) in [5, 5.41) is 8.68. The van der Waals surface area contributed by atoms with E-state index >= 15 is 0 Å². The van der Waals surface area contributed by atoms with E-state index in [4.69, 9.17) is 5.11 Å². The minimum atomic E-state index is -0.696. The van der Waals surface area contributed by atoms with Crippen molar-refractivity contribution in [3.8, 4) is 0 Å². The van der Waals surface area contributed by atoms with Crippen LogP contribution < -0.4 is 0 Å². The Morgan fingerprint density at radius 2 is 0.955 bits per heavy atom. The van der Waals surface area contributed by atoms with Crippen molar-refractivity contribution in [1.29, 1.82) is 0 Å². The normalized spacial score (nSPS) is 12.7. The molecule has 0 aliphatic rings. The van der Waals surface area contributed by atoms with Gasteiger partial charge in [-0.25, -0.2) is 0 Å². The van der Waals surface area contributed by atoms with Crippen molar-refractivity contribution >= 4 is 11.2 Å². The molecule has 22 heavy (non-hydrogen) atoms. The van der Waals surface area contributed by atoms with Crippen LogP contribution in [0.4, 0.5) is 0 Å². The molecule has 0 radical (unpaired) electrons. The molecule has 0 rings (SSSR count). The fourth-order valence-electron chi connectivity index (χ4n) is 2.79. The Balaban J connectivity index is 3.02. The van der Waals surface area contributed by atoms with E-state index in [0.29, 0.717) is 12.2 Å². The summed E-state index contributed by atoms with van der Waals surface area (Å²) in [7, 11) is 0. The minimum Gasteiger partial charge on any atom is -0.616 e. The number of rotatable bonds is 18. The molecule has 0 aliphatic heterocycles. The van der Waals surface area contributed by atoms with Crippen LogP contribution in [0.5, 0.6) is 0 Å². The molecule has 0 aromatic heterocycles.